The third-order valence-corrected chi connectivity index (χ3v) is 3.43. The van der Waals surface area contributed by atoms with Crippen LogP contribution in [0.1, 0.15) is 31.4 Å². The lowest BCUT2D eigenvalue weighted by Crippen LogP contribution is -2.39. The minimum Gasteiger partial charge on any atom is -0.497 e. The molecule has 1 saturated carbocycles. The Morgan fingerprint density at radius 1 is 1.33 bits per heavy atom. The van der Waals surface area contributed by atoms with Crippen molar-refractivity contribution in [1.82, 2.24) is 5.43 Å². The van der Waals surface area contributed by atoms with Crippen molar-refractivity contribution in [3.8, 4) is 5.75 Å². The van der Waals surface area contributed by atoms with Crippen molar-refractivity contribution < 1.29 is 9.47 Å². The normalized spacial score (nSPS) is 18.4. The molecule has 0 spiro atoms. The van der Waals surface area contributed by atoms with Gasteiger partial charge >= 0.3 is 0 Å². The third kappa shape index (κ3) is 3.02. The van der Waals surface area contributed by atoms with Crippen LogP contribution in [0, 0.1) is 5.92 Å². The molecule has 0 aliphatic heterocycles. The van der Waals surface area contributed by atoms with Crippen LogP contribution < -0.4 is 16.0 Å². The Labute approximate surface area is 108 Å². The summed E-state index contributed by atoms with van der Waals surface area (Å²) in [5.41, 5.74) is 4.04. The largest absolute Gasteiger partial charge is 0.497 e. The fourth-order valence-corrected chi connectivity index (χ4v) is 2.31. The van der Waals surface area contributed by atoms with Gasteiger partial charge in [0.1, 0.15) is 5.75 Å². The summed E-state index contributed by atoms with van der Waals surface area (Å²) in [6.07, 6.45) is 2.63. The zero-order chi connectivity index (χ0) is 13.0. The Bertz CT molecular complexity index is 363. The van der Waals surface area contributed by atoms with Crippen LogP contribution in [0.15, 0.2) is 24.3 Å². The maximum absolute atomic E-state index is 5.86. The number of hydrazine groups is 1. The Hall–Kier alpha value is -1.10. The first-order chi connectivity index (χ1) is 8.80. The summed E-state index contributed by atoms with van der Waals surface area (Å²) in [6.45, 7) is 2.74. The molecule has 1 aromatic carbocycles. The van der Waals surface area contributed by atoms with Crippen molar-refractivity contribution in [2.75, 3.05) is 13.7 Å². The molecule has 0 amide bonds. The van der Waals surface area contributed by atoms with Crippen LogP contribution >= 0.6 is 0 Å². The number of nitrogens with one attached hydrogen (secondary N) is 1. The van der Waals surface area contributed by atoms with Crippen molar-refractivity contribution in [2.24, 2.45) is 11.8 Å². The van der Waals surface area contributed by atoms with Crippen LogP contribution in [0.5, 0.6) is 5.75 Å². The summed E-state index contributed by atoms with van der Waals surface area (Å²) in [4.78, 5) is 0. The minimum absolute atomic E-state index is 0.0448. The molecule has 4 heteroatoms. The molecule has 1 aromatic rings. The summed E-state index contributed by atoms with van der Waals surface area (Å²) in [5, 5.41) is 0. The van der Waals surface area contributed by atoms with Crippen LogP contribution in [0.4, 0.5) is 0 Å². The summed E-state index contributed by atoms with van der Waals surface area (Å²) >= 11 is 0. The van der Waals surface area contributed by atoms with Crippen LogP contribution in [-0.4, -0.2) is 19.8 Å². The predicted molar refractivity (Wildman–Crippen MR) is 71.2 cm³/mol. The first-order valence-electron chi connectivity index (χ1n) is 6.51. The van der Waals surface area contributed by atoms with Crippen molar-refractivity contribution in [2.45, 2.75) is 31.9 Å². The van der Waals surface area contributed by atoms with Gasteiger partial charge in [0, 0.05) is 6.61 Å². The number of nitrogens with two attached hydrogens (primary N) is 1. The molecule has 2 rings (SSSR count). The van der Waals surface area contributed by atoms with Crippen LogP contribution in [0.25, 0.3) is 0 Å². The van der Waals surface area contributed by atoms with E-state index in [4.69, 9.17) is 15.3 Å². The molecule has 2 unspecified atom stereocenters. The van der Waals surface area contributed by atoms with Crippen LogP contribution in [0.3, 0.4) is 0 Å². The molecule has 3 N–H and O–H groups in total. The molecule has 0 aromatic heterocycles. The predicted octanol–water partition coefficient (Wildman–Crippen LogP) is 2.01. The molecule has 0 radical (unpaired) electrons. The van der Waals surface area contributed by atoms with Crippen LogP contribution in [-0.2, 0) is 4.74 Å². The lowest BCUT2D eigenvalue weighted by atomic mass is 9.98. The van der Waals surface area contributed by atoms with E-state index in [-0.39, 0.29) is 12.1 Å². The fourth-order valence-electron chi connectivity index (χ4n) is 2.31. The SMILES string of the molecule is CCOC(C1CC1)C(NN)c1ccc(OC)cc1. The maximum Gasteiger partial charge on any atom is 0.118 e. The van der Waals surface area contributed by atoms with E-state index in [9.17, 15) is 0 Å². The Balaban J connectivity index is 2.14. The van der Waals surface area contributed by atoms with Gasteiger partial charge in [-0.15, -0.1) is 0 Å². The molecule has 18 heavy (non-hydrogen) atoms. The molecule has 2 atom stereocenters. The first kappa shape index (κ1) is 13.3. The minimum atomic E-state index is 0.0448. The highest BCUT2D eigenvalue weighted by molar-refractivity contribution is 5.30. The van der Waals surface area contributed by atoms with Crippen LogP contribution in [0.2, 0.25) is 0 Å². The monoisotopic (exact) mass is 250 g/mol. The number of ether oxygens (including phenoxy) is 2. The molecule has 0 saturated heterocycles. The number of hydrogen-bond acceptors (Lipinski definition) is 4. The molecule has 1 aliphatic carbocycles. The second-order valence-corrected chi connectivity index (χ2v) is 4.67. The van der Waals surface area contributed by atoms with Gasteiger partial charge in [-0.1, -0.05) is 12.1 Å². The van der Waals surface area contributed by atoms with Gasteiger partial charge in [0.2, 0.25) is 0 Å². The lowest BCUT2D eigenvalue weighted by molar-refractivity contribution is 0.0185. The molecule has 100 valence electrons. The molecular weight excluding hydrogens is 228 g/mol. The maximum atomic E-state index is 5.86. The zero-order valence-corrected chi connectivity index (χ0v) is 11.1. The highest BCUT2D eigenvalue weighted by Gasteiger charge is 2.37. The highest BCUT2D eigenvalue weighted by Crippen LogP contribution is 2.40. The summed E-state index contributed by atoms with van der Waals surface area (Å²) in [7, 11) is 1.67. The van der Waals surface area contributed by atoms with Gasteiger partial charge in [-0.3, -0.25) is 11.3 Å². The molecule has 0 bridgehead atoms. The van der Waals surface area contributed by atoms with Gasteiger partial charge in [-0.25, -0.2) is 0 Å². The summed E-state index contributed by atoms with van der Waals surface area (Å²) in [5.74, 6) is 7.20. The van der Waals surface area contributed by atoms with Crippen molar-refractivity contribution in [1.29, 1.82) is 0 Å². The first-order valence-corrected chi connectivity index (χ1v) is 6.51. The lowest BCUT2D eigenvalue weighted by Gasteiger charge is -2.27. The van der Waals surface area contributed by atoms with E-state index in [0.717, 1.165) is 17.9 Å². The van der Waals surface area contributed by atoms with Gasteiger partial charge in [0.25, 0.3) is 0 Å². The van der Waals surface area contributed by atoms with Gasteiger partial charge < -0.3 is 9.47 Å². The van der Waals surface area contributed by atoms with Crippen molar-refractivity contribution in [3.05, 3.63) is 29.8 Å². The van der Waals surface area contributed by atoms with Gasteiger partial charge in [-0.2, -0.15) is 0 Å². The van der Waals surface area contributed by atoms with Gasteiger partial charge in [0.05, 0.1) is 19.3 Å². The Morgan fingerprint density at radius 2 is 2.00 bits per heavy atom. The molecule has 1 aliphatic rings. The van der Waals surface area contributed by atoms with E-state index in [1.807, 2.05) is 31.2 Å². The Kier molecular flexibility index (Phi) is 4.58. The second kappa shape index (κ2) is 6.18. The fraction of sp³-hybridized carbons (Fsp3) is 0.571. The number of rotatable bonds is 7. The highest BCUT2D eigenvalue weighted by atomic mass is 16.5. The van der Waals surface area contributed by atoms with E-state index >= 15 is 0 Å². The summed E-state index contributed by atoms with van der Waals surface area (Å²) < 4.78 is 11.0. The topological polar surface area (TPSA) is 56.5 Å². The van der Waals surface area contributed by atoms with E-state index in [1.54, 1.807) is 7.11 Å². The average molecular weight is 250 g/mol. The second-order valence-electron chi connectivity index (χ2n) is 4.67. The molecule has 4 nitrogen and oxygen atoms in total. The van der Waals surface area contributed by atoms with Gasteiger partial charge in [-0.05, 0) is 43.4 Å². The summed E-state index contributed by atoms with van der Waals surface area (Å²) in [6, 6.07) is 8.03. The van der Waals surface area contributed by atoms with E-state index in [2.05, 4.69) is 5.43 Å². The number of methoxy groups -OCH3 is 1. The Morgan fingerprint density at radius 3 is 2.44 bits per heavy atom. The van der Waals surface area contributed by atoms with Crippen molar-refractivity contribution >= 4 is 0 Å². The third-order valence-electron chi connectivity index (χ3n) is 3.43. The van der Waals surface area contributed by atoms with E-state index in [1.165, 1.54) is 12.8 Å². The van der Waals surface area contributed by atoms with E-state index in [0.29, 0.717) is 5.92 Å². The van der Waals surface area contributed by atoms with E-state index < -0.39 is 0 Å². The quantitative estimate of drug-likeness (QED) is 0.574. The average Bonchev–Trinajstić information content (AvgIpc) is 3.23. The molecule has 1 fully saturated rings. The number of benzene rings is 1. The number of hydrogen-bond donors (Lipinski definition) is 2. The zero-order valence-electron chi connectivity index (χ0n) is 11.1. The molecular formula is C14H22N2O2. The standard InChI is InChI=1S/C14H22N2O2/c1-3-18-14(11-4-5-11)13(16-15)10-6-8-12(17-2)9-7-10/h6-9,11,13-14,16H,3-5,15H2,1-2H3. The molecule has 0 heterocycles. The smallest absolute Gasteiger partial charge is 0.118 e. The van der Waals surface area contributed by atoms with Gasteiger partial charge in [0.15, 0.2) is 0 Å². The van der Waals surface area contributed by atoms with Crippen molar-refractivity contribution in [3.63, 3.8) is 0 Å².